The quantitative estimate of drug-likeness (QED) is 0.579. The van der Waals surface area contributed by atoms with Gasteiger partial charge in [-0.25, -0.2) is 4.79 Å². The maximum atomic E-state index is 10.8. The van der Waals surface area contributed by atoms with Crippen LogP contribution in [-0.2, 0) is 0 Å². The van der Waals surface area contributed by atoms with Gasteiger partial charge in [-0.2, -0.15) is 0 Å². The molecule has 2 aliphatic rings. The number of rotatable bonds is 0. The van der Waals surface area contributed by atoms with E-state index in [9.17, 15) is 4.79 Å². The number of carbonyl (C=O) groups excluding carboxylic acids is 1. The van der Waals surface area contributed by atoms with Crippen LogP contribution in [0.15, 0.2) is 24.0 Å². The first kappa shape index (κ1) is 6.60. The van der Waals surface area contributed by atoms with E-state index in [4.69, 9.17) is 5.73 Å². The van der Waals surface area contributed by atoms with Crippen molar-refractivity contribution in [3.63, 3.8) is 0 Å². The van der Waals surface area contributed by atoms with Crippen LogP contribution in [-0.4, -0.2) is 21.3 Å². The Labute approximate surface area is 68.3 Å². The van der Waals surface area contributed by atoms with Gasteiger partial charge in [0.25, 0.3) is 0 Å². The molecule has 1 atom stereocenters. The number of primary amides is 1. The Morgan fingerprint density at radius 1 is 1.45 bits per heavy atom. The SMILES string of the molecule is NC(=O)N1C=CN2C=CSC21. The summed E-state index contributed by atoms with van der Waals surface area (Å²) in [4.78, 5) is 14.2. The summed E-state index contributed by atoms with van der Waals surface area (Å²) in [6.45, 7) is 0. The van der Waals surface area contributed by atoms with Crippen molar-refractivity contribution in [1.82, 2.24) is 9.80 Å². The molecule has 0 aliphatic carbocycles. The number of urea groups is 1. The molecule has 2 N–H and O–H groups in total. The lowest BCUT2D eigenvalue weighted by molar-refractivity contribution is 0.213. The summed E-state index contributed by atoms with van der Waals surface area (Å²) in [5.41, 5.74) is 5.14. The number of amides is 2. The molecule has 2 amide bonds. The van der Waals surface area contributed by atoms with Crippen LogP contribution in [0, 0.1) is 0 Å². The zero-order valence-electron chi connectivity index (χ0n) is 5.68. The highest BCUT2D eigenvalue weighted by atomic mass is 32.2. The molecule has 0 bridgehead atoms. The van der Waals surface area contributed by atoms with Gasteiger partial charge in [-0.1, -0.05) is 11.8 Å². The van der Waals surface area contributed by atoms with Gasteiger partial charge in [0.2, 0.25) is 0 Å². The molecule has 0 aromatic carbocycles. The van der Waals surface area contributed by atoms with Crippen molar-refractivity contribution in [1.29, 1.82) is 0 Å². The number of fused-ring (bicyclic) bond motifs is 1. The molecule has 2 aliphatic heterocycles. The van der Waals surface area contributed by atoms with Gasteiger partial charge >= 0.3 is 6.03 Å². The van der Waals surface area contributed by atoms with Crippen molar-refractivity contribution >= 4 is 17.8 Å². The van der Waals surface area contributed by atoms with Gasteiger partial charge < -0.3 is 10.6 Å². The van der Waals surface area contributed by atoms with Crippen molar-refractivity contribution in [2.45, 2.75) is 5.50 Å². The summed E-state index contributed by atoms with van der Waals surface area (Å²) in [7, 11) is 0. The predicted molar refractivity (Wildman–Crippen MR) is 42.9 cm³/mol. The molecule has 2 heterocycles. The van der Waals surface area contributed by atoms with Crippen molar-refractivity contribution in [2.75, 3.05) is 0 Å². The normalized spacial score (nSPS) is 26.4. The molecular formula is C6H7N3OS. The predicted octanol–water partition coefficient (Wildman–Crippen LogP) is 0.656. The van der Waals surface area contributed by atoms with E-state index in [1.165, 1.54) is 4.90 Å². The van der Waals surface area contributed by atoms with Gasteiger partial charge in [0.15, 0.2) is 5.50 Å². The average Bonchev–Trinajstić information content (AvgIpc) is 2.41. The minimum atomic E-state index is -0.412. The summed E-state index contributed by atoms with van der Waals surface area (Å²) < 4.78 is 0. The smallest absolute Gasteiger partial charge is 0.321 e. The number of hydrogen-bond donors (Lipinski definition) is 1. The van der Waals surface area contributed by atoms with Crippen LogP contribution in [0.2, 0.25) is 0 Å². The molecule has 1 unspecified atom stereocenters. The van der Waals surface area contributed by atoms with E-state index in [2.05, 4.69) is 0 Å². The summed E-state index contributed by atoms with van der Waals surface area (Å²) in [5, 5.41) is 1.93. The summed E-state index contributed by atoms with van der Waals surface area (Å²) in [6, 6.07) is -0.412. The molecule has 4 nitrogen and oxygen atoms in total. The number of carbonyl (C=O) groups is 1. The fourth-order valence-electron chi connectivity index (χ4n) is 1.06. The van der Waals surface area contributed by atoms with E-state index in [0.717, 1.165) is 0 Å². The highest BCUT2D eigenvalue weighted by molar-refractivity contribution is 8.02. The van der Waals surface area contributed by atoms with Crippen molar-refractivity contribution < 1.29 is 4.79 Å². The van der Waals surface area contributed by atoms with Crippen LogP contribution in [0.25, 0.3) is 0 Å². The lowest BCUT2D eigenvalue weighted by Gasteiger charge is -2.21. The third-order valence-electron chi connectivity index (χ3n) is 1.58. The monoisotopic (exact) mass is 169 g/mol. The molecule has 5 heteroatoms. The van der Waals surface area contributed by atoms with Gasteiger partial charge in [0.1, 0.15) is 0 Å². The van der Waals surface area contributed by atoms with Crippen LogP contribution in [0.5, 0.6) is 0 Å². The highest BCUT2D eigenvalue weighted by Gasteiger charge is 2.30. The fraction of sp³-hybridized carbons (Fsp3) is 0.167. The molecule has 2 rings (SSSR count). The minimum Gasteiger partial charge on any atom is -0.351 e. The van der Waals surface area contributed by atoms with Crippen molar-refractivity contribution in [3.05, 3.63) is 24.0 Å². The second kappa shape index (κ2) is 2.20. The van der Waals surface area contributed by atoms with Crippen molar-refractivity contribution in [3.8, 4) is 0 Å². The van der Waals surface area contributed by atoms with Gasteiger partial charge in [-0.05, 0) is 5.41 Å². The first-order valence-electron chi connectivity index (χ1n) is 3.15. The Kier molecular flexibility index (Phi) is 1.32. The standard InChI is InChI=1S/C6H7N3OS/c7-5(10)9-2-1-8-3-4-11-6(8)9/h1-4,6H,(H2,7,10). The molecule has 0 saturated carbocycles. The third-order valence-corrected chi connectivity index (χ3v) is 2.57. The van der Waals surface area contributed by atoms with Gasteiger partial charge in [0, 0.05) is 18.6 Å². The zero-order chi connectivity index (χ0) is 7.84. The van der Waals surface area contributed by atoms with Crippen LogP contribution in [0.1, 0.15) is 0 Å². The molecule has 58 valence electrons. The summed E-state index contributed by atoms with van der Waals surface area (Å²) in [6.07, 6.45) is 5.42. The number of nitrogens with zero attached hydrogens (tertiary/aromatic N) is 2. The van der Waals surface area contributed by atoms with E-state index in [0.29, 0.717) is 0 Å². The van der Waals surface area contributed by atoms with Crippen LogP contribution < -0.4 is 5.73 Å². The molecule has 0 spiro atoms. The van der Waals surface area contributed by atoms with Crippen molar-refractivity contribution in [2.24, 2.45) is 5.73 Å². The lowest BCUT2D eigenvalue weighted by Crippen LogP contribution is -2.38. The molecule has 0 fully saturated rings. The summed E-state index contributed by atoms with van der Waals surface area (Å²) in [5.74, 6) is 0. The Bertz CT molecular complexity index is 250. The topological polar surface area (TPSA) is 49.6 Å². The van der Waals surface area contributed by atoms with E-state index >= 15 is 0 Å². The Hall–Kier alpha value is -1.10. The van der Waals surface area contributed by atoms with E-state index in [1.54, 1.807) is 18.0 Å². The Morgan fingerprint density at radius 3 is 3.00 bits per heavy atom. The minimum absolute atomic E-state index is 0.0208. The number of nitrogens with two attached hydrogens (primary N) is 1. The van der Waals surface area contributed by atoms with E-state index in [-0.39, 0.29) is 5.50 Å². The second-order valence-corrected chi connectivity index (χ2v) is 3.20. The summed E-state index contributed by atoms with van der Waals surface area (Å²) >= 11 is 1.56. The fourth-order valence-corrected chi connectivity index (χ4v) is 1.99. The Morgan fingerprint density at radius 2 is 2.27 bits per heavy atom. The third kappa shape index (κ3) is 0.883. The van der Waals surface area contributed by atoms with E-state index < -0.39 is 6.03 Å². The number of hydrogen-bond acceptors (Lipinski definition) is 3. The van der Waals surface area contributed by atoms with Gasteiger partial charge in [0.05, 0.1) is 0 Å². The first-order chi connectivity index (χ1) is 5.29. The van der Waals surface area contributed by atoms with Gasteiger partial charge in [-0.3, -0.25) is 4.90 Å². The molecule has 11 heavy (non-hydrogen) atoms. The zero-order valence-corrected chi connectivity index (χ0v) is 6.49. The molecular weight excluding hydrogens is 162 g/mol. The van der Waals surface area contributed by atoms with Crippen LogP contribution in [0.3, 0.4) is 0 Å². The molecule has 0 aromatic rings. The average molecular weight is 169 g/mol. The first-order valence-corrected chi connectivity index (χ1v) is 4.09. The van der Waals surface area contributed by atoms with Crippen LogP contribution >= 0.6 is 11.8 Å². The van der Waals surface area contributed by atoms with E-state index in [1.807, 2.05) is 22.7 Å². The Balaban J connectivity index is 2.18. The van der Waals surface area contributed by atoms with Crippen LogP contribution in [0.4, 0.5) is 4.79 Å². The largest absolute Gasteiger partial charge is 0.351 e. The highest BCUT2D eigenvalue weighted by Crippen LogP contribution is 2.32. The molecule has 0 radical (unpaired) electrons. The molecule has 0 saturated heterocycles. The molecule has 0 aromatic heterocycles. The lowest BCUT2D eigenvalue weighted by atomic mass is 10.7. The maximum Gasteiger partial charge on any atom is 0.321 e. The second-order valence-electron chi connectivity index (χ2n) is 2.24. The van der Waals surface area contributed by atoms with Gasteiger partial charge in [-0.15, -0.1) is 0 Å². The maximum absolute atomic E-state index is 10.8. The number of thioether (sulfide) groups is 1.